The number of rotatable bonds is 4. The van der Waals surface area contributed by atoms with Gasteiger partial charge in [0, 0.05) is 6.04 Å². The molecule has 0 aliphatic rings. The molecule has 0 aliphatic heterocycles. The summed E-state index contributed by atoms with van der Waals surface area (Å²) in [5.41, 5.74) is 3.90. The Morgan fingerprint density at radius 1 is 0.941 bits per heavy atom. The van der Waals surface area contributed by atoms with E-state index in [9.17, 15) is 0 Å². The fraction of sp³-hybridized carbons (Fsp3) is 0.250. The molecular weight excluding hydrogens is 206 g/mol. The largest absolute Gasteiger partial charge is 0.310 e. The highest BCUT2D eigenvalue weighted by molar-refractivity contribution is 5.64. The Kier molecular flexibility index (Phi) is 3.94. The van der Waals surface area contributed by atoms with Gasteiger partial charge in [-0.25, -0.2) is 0 Å². The molecule has 1 N–H and O–H groups in total. The van der Waals surface area contributed by atoms with Gasteiger partial charge in [0.1, 0.15) is 0 Å². The molecule has 2 aromatic carbocycles. The maximum atomic E-state index is 3.44. The first kappa shape index (κ1) is 11.9. The van der Waals surface area contributed by atoms with Crippen molar-refractivity contribution < 1.29 is 0 Å². The molecule has 0 bridgehead atoms. The molecule has 0 amide bonds. The average Bonchev–Trinajstić information content (AvgIpc) is 2.40. The van der Waals surface area contributed by atoms with E-state index in [1.807, 2.05) is 0 Å². The van der Waals surface area contributed by atoms with E-state index in [4.69, 9.17) is 0 Å². The summed E-state index contributed by atoms with van der Waals surface area (Å²) in [6.45, 7) is 5.34. The average molecular weight is 225 g/mol. The third-order valence-electron chi connectivity index (χ3n) is 3.00. The summed E-state index contributed by atoms with van der Waals surface area (Å²) in [6, 6.07) is 19.7. The van der Waals surface area contributed by atoms with E-state index in [2.05, 4.69) is 73.8 Å². The van der Waals surface area contributed by atoms with Crippen LogP contribution >= 0.6 is 0 Å². The summed E-state index contributed by atoms with van der Waals surface area (Å²) < 4.78 is 0. The van der Waals surface area contributed by atoms with Crippen LogP contribution in [0.15, 0.2) is 54.6 Å². The van der Waals surface area contributed by atoms with Crippen LogP contribution < -0.4 is 5.32 Å². The Morgan fingerprint density at radius 2 is 1.65 bits per heavy atom. The topological polar surface area (TPSA) is 12.0 Å². The predicted octanol–water partition coefficient (Wildman–Crippen LogP) is 4.02. The lowest BCUT2D eigenvalue weighted by molar-refractivity contribution is 0.598. The number of hydrogen-bond acceptors (Lipinski definition) is 1. The fourth-order valence-corrected chi connectivity index (χ4v) is 2.04. The van der Waals surface area contributed by atoms with Crippen molar-refractivity contribution in [2.45, 2.75) is 19.9 Å². The van der Waals surface area contributed by atoms with Gasteiger partial charge in [-0.2, -0.15) is 0 Å². The van der Waals surface area contributed by atoms with E-state index in [-0.39, 0.29) is 0 Å². The predicted molar refractivity (Wildman–Crippen MR) is 74.0 cm³/mol. The van der Waals surface area contributed by atoms with Gasteiger partial charge in [-0.15, -0.1) is 0 Å². The van der Waals surface area contributed by atoms with Crippen molar-refractivity contribution in [2.75, 3.05) is 6.54 Å². The molecule has 1 heteroatoms. The first-order valence-electron chi connectivity index (χ1n) is 6.20. The van der Waals surface area contributed by atoms with Crippen LogP contribution in [0.4, 0.5) is 0 Å². The molecular formula is C16H19N. The lowest BCUT2D eigenvalue weighted by atomic mass is 10.0. The fourth-order valence-electron chi connectivity index (χ4n) is 2.04. The first-order chi connectivity index (χ1) is 8.31. The highest BCUT2D eigenvalue weighted by atomic mass is 14.9. The van der Waals surface area contributed by atoms with E-state index in [0.29, 0.717) is 6.04 Å². The van der Waals surface area contributed by atoms with Crippen LogP contribution in [0.1, 0.15) is 25.5 Å². The molecule has 0 radical (unpaired) electrons. The van der Waals surface area contributed by atoms with Gasteiger partial charge in [0.05, 0.1) is 0 Å². The van der Waals surface area contributed by atoms with E-state index >= 15 is 0 Å². The van der Waals surface area contributed by atoms with Crippen molar-refractivity contribution >= 4 is 0 Å². The van der Waals surface area contributed by atoms with E-state index in [1.54, 1.807) is 0 Å². The molecule has 1 atom stereocenters. The molecule has 0 saturated carbocycles. The second-order valence-corrected chi connectivity index (χ2v) is 4.27. The van der Waals surface area contributed by atoms with Crippen LogP contribution in [0.2, 0.25) is 0 Å². The SMILES string of the molecule is CCNC(C)c1cccc(-c2ccccc2)c1. The molecule has 17 heavy (non-hydrogen) atoms. The zero-order chi connectivity index (χ0) is 12.1. The first-order valence-corrected chi connectivity index (χ1v) is 6.20. The minimum atomic E-state index is 0.406. The smallest absolute Gasteiger partial charge is 0.0291 e. The van der Waals surface area contributed by atoms with Gasteiger partial charge in [-0.3, -0.25) is 0 Å². The van der Waals surface area contributed by atoms with E-state index in [1.165, 1.54) is 16.7 Å². The van der Waals surface area contributed by atoms with Crippen molar-refractivity contribution in [2.24, 2.45) is 0 Å². The Morgan fingerprint density at radius 3 is 2.35 bits per heavy atom. The van der Waals surface area contributed by atoms with E-state index in [0.717, 1.165) is 6.54 Å². The Hall–Kier alpha value is -1.60. The monoisotopic (exact) mass is 225 g/mol. The maximum absolute atomic E-state index is 3.44. The number of nitrogens with one attached hydrogen (secondary N) is 1. The Bertz CT molecular complexity index is 462. The molecule has 0 heterocycles. The highest BCUT2D eigenvalue weighted by Crippen LogP contribution is 2.22. The van der Waals surface area contributed by atoms with Crippen molar-refractivity contribution in [3.8, 4) is 11.1 Å². The summed E-state index contributed by atoms with van der Waals surface area (Å²) in [7, 11) is 0. The van der Waals surface area contributed by atoms with Crippen LogP contribution in [0.3, 0.4) is 0 Å². The molecule has 0 fully saturated rings. The molecule has 0 aromatic heterocycles. The summed E-state index contributed by atoms with van der Waals surface area (Å²) in [5, 5.41) is 3.44. The standard InChI is InChI=1S/C16H19N/c1-3-17-13(2)15-10-7-11-16(12-15)14-8-5-4-6-9-14/h4-13,17H,3H2,1-2H3. The van der Waals surface area contributed by atoms with Gasteiger partial charge in [-0.1, -0.05) is 55.5 Å². The second kappa shape index (κ2) is 5.65. The van der Waals surface area contributed by atoms with Crippen LogP contribution in [0.5, 0.6) is 0 Å². The zero-order valence-corrected chi connectivity index (χ0v) is 10.5. The number of benzene rings is 2. The van der Waals surface area contributed by atoms with Gasteiger partial charge >= 0.3 is 0 Å². The molecule has 88 valence electrons. The third kappa shape index (κ3) is 2.95. The highest BCUT2D eigenvalue weighted by Gasteiger charge is 2.04. The summed E-state index contributed by atoms with van der Waals surface area (Å²) >= 11 is 0. The molecule has 2 rings (SSSR count). The minimum Gasteiger partial charge on any atom is -0.310 e. The molecule has 0 spiro atoms. The third-order valence-corrected chi connectivity index (χ3v) is 3.00. The molecule has 1 nitrogen and oxygen atoms in total. The van der Waals surface area contributed by atoms with Crippen LogP contribution in [-0.2, 0) is 0 Å². The van der Waals surface area contributed by atoms with E-state index < -0.39 is 0 Å². The van der Waals surface area contributed by atoms with Gasteiger partial charge in [0.15, 0.2) is 0 Å². The lowest BCUT2D eigenvalue weighted by Gasteiger charge is -2.14. The van der Waals surface area contributed by atoms with Crippen molar-refractivity contribution in [3.05, 3.63) is 60.2 Å². The summed E-state index contributed by atoms with van der Waals surface area (Å²) in [4.78, 5) is 0. The Labute approximate surface area is 103 Å². The molecule has 1 unspecified atom stereocenters. The summed E-state index contributed by atoms with van der Waals surface area (Å²) in [6.07, 6.45) is 0. The minimum absolute atomic E-state index is 0.406. The lowest BCUT2D eigenvalue weighted by Crippen LogP contribution is -2.17. The van der Waals surface area contributed by atoms with Crippen LogP contribution in [0.25, 0.3) is 11.1 Å². The van der Waals surface area contributed by atoms with Crippen LogP contribution in [0, 0.1) is 0 Å². The Balaban J connectivity index is 2.29. The molecule has 2 aromatic rings. The number of hydrogen-bond donors (Lipinski definition) is 1. The maximum Gasteiger partial charge on any atom is 0.0291 e. The second-order valence-electron chi connectivity index (χ2n) is 4.27. The van der Waals surface area contributed by atoms with Gasteiger partial charge < -0.3 is 5.32 Å². The zero-order valence-electron chi connectivity index (χ0n) is 10.5. The van der Waals surface area contributed by atoms with Gasteiger partial charge in [0.2, 0.25) is 0 Å². The molecule has 0 aliphatic carbocycles. The van der Waals surface area contributed by atoms with Gasteiger partial charge in [0.25, 0.3) is 0 Å². The van der Waals surface area contributed by atoms with Crippen molar-refractivity contribution in [3.63, 3.8) is 0 Å². The quantitative estimate of drug-likeness (QED) is 0.828. The van der Waals surface area contributed by atoms with Crippen molar-refractivity contribution in [1.29, 1.82) is 0 Å². The summed E-state index contributed by atoms with van der Waals surface area (Å²) in [5.74, 6) is 0. The molecule has 0 saturated heterocycles. The van der Waals surface area contributed by atoms with Crippen molar-refractivity contribution in [1.82, 2.24) is 5.32 Å². The van der Waals surface area contributed by atoms with Crippen LogP contribution in [-0.4, -0.2) is 6.54 Å². The normalized spacial score (nSPS) is 12.4. The van der Waals surface area contributed by atoms with Gasteiger partial charge in [-0.05, 0) is 36.2 Å².